The fourth-order valence-electron chi connectivity index (χ4n) is 1.01. The maximum Gasteiger partial charge on any atom is 0.0961 e. The molecule has 1 aliphatic rings. The molecular weight excluding hydrogens is 138 g/mol. The quantitative estimate of drug-likeness (QED) is 0.591. The second-order valence-electron chi connectivity index (χ2n) is 2.29. The van der Waals surface area contributed by atoms with Crippen LogP contribution in [0.1, 0.15) is 11.3 Å². The van der Waals surface area contributed by atoms with E-state index in [1.165, 1.54) is 0 Å². The number of rotatable bonds is 0. The molecule has 2 heterocycles. The van der Waals surface area contributed by atoms with Gasteiger partial charge in [0.15, 0.2) is 0 Å². The molecule has 0 atom stereocenters. The first-order chi connectivity index (χ1) is 5.38. The van der Waals surface area contributed by atoms with Crippen LogP contribution in [0.4, 0.5) is 0 Å². The molecule has 0 unspecified atom stereocenters. The molecular formula is C8H7N3. The van der Waals surface area contributed by atoms with Gasteiger partial charge in [-0.1, -0.05) is 6.58 Å². The number of fused-ring (bicyclic) bond motifs is 1. The Morgan fingerprint density at radius 3 is 3.18 bits per heavy atom. The zero-order valence-corrected chi connectivity index (χ0v) is 5.91. The highest BCUT2D eigenvalue weighted by Gasteiger charge is 2.07. The SMILES string of the molecule is C=C1NN=Cc2cccnc21. The second-order valence-corrected chi connectivity index (χ2v) is 2.29. The van der Waals surface area contributed by atoms with Crippen molar-refractivity contribution in [1.82, 2.24) is 10.4 Å². The first-order valence-corrected chi connectivity index (χ1v) is 3.31. The lowest BCUT2D eigenvalue weighted by molar-refractivity contribution is 0.970. The molecule has 0 bridgehead atoms. The molecule has 0 saturated heterocycles. The monoisotopic (exact) mass is 145 g/mol. The van der Waals surface area contributed by atoms with E-state index in [0.29, 0.717) is 0 Å². The van der Waals surface area contributed by atoms with Crippen molar-refractivity contribution in [1.29, 1.82) is 0 Å². The lowest BCUT2D eigenvalue weighted by atomic mass is 10.1. The van der Waals surface area contributed by atoms with Crippen LogP contribution in [0.15, 0.2) is 30.0 Å². The predicted octanol–water partition coefficient (Wildman–Crippen LogP) is 0.989. The van der Waals surface area contributed by atoms with E-state index in [0.717, 1.165) is 17.0 Å². The van der Waals surface area contributed by atoms with Gasteiger partial charge >= 0.3 is 0 Å². The third kappa shape index (κ3) is 0.902. The Balaban J connectivity index is 2.63. The van der Waals surface area contributed by atoms with E-state index < -0.39 is 0 Å². The molecule has 3 heteroatoms. The Kier molecular flexibility index (Phi) is 1.22. The van der Waals surface area contributed by atoms with E-state index in [1.807, 2.05) is 12.1 Å². The van der Waals surface area contributed by atoms with Gasteiger partial charge in [-0.05, 0) is 12.1 Å². The van der Waals surface area contributed by atoms with E-state index in [4.69, 9.17) is 0 Å². The highest BCUT2D eigenvalue weighted by atomic mass is 15.3. The summed E-state index contributed by atoms with van der Waals surface area (Å²) in [6.07, 6.45) is 3.47. The van der Waals surface area contributed by atoms with Crippen LogP contribution in [0.5, 0.6) is 0 Å². The van der Waals surface area contributed by atoms with Crippen molar-refractivity contribution in [2.75, 3.05) is 0 Å². The Morgan fingerprint density at radius 2 is 2.36 bits per heavy atom. The molecule has 1 aromatic rings. The minimum atomic E-state index is 0.753. The number of aromatic nitrogens is 1. The molecule has 54 valence electrons. The van der Waals surface area contributed by atoms with Crippen molar-refractivity contribution in [3.63, 3.8) is 0 Å². The van der Waals surface area contributed by atoms with Crippen LogP contribution in [0.25, 0.3) is 5.70 Å². The van der Waals surface area contributed by atoms with Gasteiger partial charge in [0.2, 0.25) is 0 Å². The zero-order valence-electron chi connectivity index (χ0n) is 5.91. The van der Waals surface area contributed by atoms with Crippen molar-refractivity contribution in [3.05, 3.63) is 36.2 Å². The molecule has 3 nitrogen and oxygen atoms in total. The Hall–Kier alpha value is -1.64. The van der Waals surface area contributed by atoms with Crippen molar-refractivity contribution in [2.45, 2.75) is 0 Å². The third-order valence-corrected chi connectivity index (χ3v) is 1.53. The van der Waals surface area contributed by atoms with Gasteiger partial charge in [0.25, 0.3) is 0 Å². The molecule has 0 amide bonds. The average molecular weight is 145 g/mol. The van der Waals surface area contributed by atoms with Crippen LogP contribution in [0, 0.1) is 0 Å². The zero-order chi connectivity index (χ0) is 7.68. The Bertz CT molecular complexity index is 328. The summed E-state index contributed by atoms with van der Waals surface area (Å²) >= 11 is 0. The van der Waals surface area contributed by atoms with Gasteiger partial charge in [-0.15, -0.1) is 0 Å². The Labute approximate surface area is 64.5 Å². The van der Waals surface area contributed by atoms with E-state index in [9.17, 15) is 0 Å². The number of pyridine rings is 1. The molecule has 0 aromatic carbocycles. The van der Waals surface area contributed by atoms with Gasteiger partial charge in [0, 0.05) is 11.8 Å². The smallest absolute Gasteiger partial charge is 0.0961 e. The largest absolute Gasteiger partial charge is 0.277 e. The van der Waals surface area contributed by atoms with Crippen LogP contribution in [-0.2, 0) is 0 Å². The molecule has 1 N–H and O–H groups in total. The van der Waals surface area contributed by atoms with Gasteiger partial charge < -0.3 is 0 Å². The van der Waals surface area contributed by atoms with Crippen LogP contribution in [-0.4, -0.2) is 11.2 Å². The van der Waals surface area contributed by atoms with Crippen molar-refractivity contribution < 1.29 is 0 Å². The minimum Gasteiger partial charge on any atom is -0.277 e. The third-order valence-electron chi connectivity index (χ3n) is 1.53. The van der Waals surface area contributed by atoms with E-state index in [2.05, 4.69) is 22.1 Å². The number of nitrogens with zero attached hydrogens (tertiary/aromatic N) is 2. The Morgan fingerprint density at radius 1 is 1.45 bits per heavy atom. The van der Waals surface area contributed by atoms with Crippen molar-refractivity contribution in [3.8, 4) is 0 Å². The molecule has 11 heavy (non-hydrogen) atoms. The fraction of sp³-hybridized carbons (Fsp3) is 0. The lowest BCUT2D eigenvalue weighted by Crippen LogP contribution is -2.12. The van der Waals surface area contributed by atoms with Crippen LogP contribution in [0.3, 0.4) is 0 Å². The topological polar surface area (TPSA) is 37.3 Å². The number of nitrogens with one attached hydrogen (secondary N) is 1. The molecule has 0 aliphatic carbocycles. The standard InChI is InChI=1S/C8H7N3/c1-6-8-7(5-10-11-6)3-2-4-9-8/h2-5,11H,1H2. The van der Waals surface area contributed by atoms with Crippen LogP contribution >= 0.6 is 0 Å². The predicted molar refractivity (Wildman–Crippen MR) is 44.0 cm³/mol. The summed E-state index contributed by atoms with van der Waals surface area (Å²) in [4.78, 5) is 4.15. The molecule has 1 aliphatic heterocycles. The summed E-state index contributed by atoms with van der Waals surface area (Å²) in [6.45, 7) is 3.77. The van der Waals surface area contributed by atoms with Gasteiger partial charge in [-0.2, -0.15) is 5.10 Å². The average Bonchev–Trinajstić information content (AvgIpc) is 2.06. The van der Waals surface area contributed by atoms with Crippen LogP contribution < -0.4 is 5.43 Å². The summed E-state index contributed by atoms with van der Waals surface area (Å²) in [5.74, 6) is 0. The second kappa shape index (κ2) is 2.20. The van der Waals surface area contributed by atoms with Crippen molar-refractivity contribution in [2.24, 2.45) is 5.10 Å². The molecule has 0 spiro atoms. The van der Waals surface area contributed by atoms with Gasteiger partial charge in [0.1, 0.15) is 0 Å². The summed E-state index contributed by atoms with van der Waals surface area (Å²) in [6, 6.07) is 3.83. The molecule has 0 saturated carbocycles. The van der Waals surface area contributed by atoms with E-state index in [-0.39, 0.29) is 0 Å². The normalized spacial score (nSPS) is 14.0. The lowest BCUT2D eigenvalue weighted by Gasteiger charge is -2.10. The highest BCUT2D eigenvalue weighted by Crippen LogP contribution is 2.13. The van der Waals surface area contributed by atoms with Gasteiger partial charge in [-0.25, -0.2) is 0 Å². The fourth-order valence-corrected chi connectivity index (χ4v) is 1.01. The maximum atomic E-state index is 4.15. The maximum absolute atomic E-state index is 4.15. The number of hydrogen-bond acceptors (Lipinski definition) is 3. The number of hydrogen-bond donors (Lipinski definition) is 1. The molecule has 0 fully saturated rings. The van der Waals surface area contributed by atoms with Gasteiger partial charge in [-0.3, -0.25) is 10.4 Å². The molecule has 1 aromatic heterocycles. The molecule has 0 radical (unpaired) electrons. The van der Waals surface area contributed by atoms with E-state index in [1.54, 1.807) is 12.4 Å². The van der Waals surface area contributed by atoms with Gasteiger partial charge in [0.05, 0.1) is 17.6 Å². The number of hydrazone groups is 1. The first kappa shape index (κ1) is 6.09. The first-order valence-electron chi connectivity index (χ1n) is 3.31. The summed E-state index contributed by atoms with van der Waals surface area (Å²) < 4.78 is 0. The van der Waals surface area contributed by atoms with Crippen LogP contribution in [0.2, 0.25) is 0 Å². The van der Waals surface area contributed by atoms with Crippen molar-refractivity contribution >= 4 is 11.9 Å². The summed E-state index contributed by atoms with van der Waals surface area (Å²) in [5, 5.41) is 3.88. The summed E-state index contributed by atoms with van der Waals surface area (Å²) in [5.41, 5.74) is 5.39. The van der Waals surface area contributed by atoms with E-state index >= 15 is 0 Å². The molecule has 2 rings (SSSR count). The highest BCUT2D eigenvalue weighted by molar-refractivity contribution is 5.88. The summed E-state index contributed by atoms with van der Waals surface area (Å²) in [7, 11) is 0. The minimum absolute atomic E-state index is 0.753.